The summed E-state index contributed by atoms with van der Waals surface area (Å²) < 4.78 is 1.24. The first kappa shape index (κ1) is 10.2. The van der Waals surface area contributed by atoms with Crippen LogP contribution in [0.15, 0.2) is 35.8 Å². The van der Waals surface area contributed by atoms with Gasteiger partial charge in [-0.05, 0) is 29.3 Å². The highest BCUT2D eigenvalue weighted by molar-refractivity contribution is 7.17. The standard InChI is InChI=1S/C13H11N3S/c1-8-7-15-13(14)16-11(8)10-4-2-3-9-5-6-17-12(9)10/h2-7H,1H3,(H2,14,15,16). The number of aromatic nitrogens is 2. The van der Waals surface area contributed by atoms with E-state index in [1.807, 2.05) is 13.0 Å². The van der Waals surface area contributed by atoms with E-state index in [1.54, 1.807) is 17.5 Å². The number of nitrogens with zero attached hydrogens (tertiary/aromatic N) is 2. The van der Waals surface area contributed by atoms with E-state index in [9.17, 15) is 0 Å². The number of rotatable bonds is 1. The van der Waals surface area contributed by atoms with Crippen LogP contribution in [0.3, 0.4) is 0 Å². The molecule has 0 bridgehead atoms. The minimum Gasteiger partial charge on any atom is -0.368 e. The highest BCUT2D eigenvalue weighted by atomic mass is 32.1. The molecule has 0 aliphatic heterocycles. The maximum absolute atomic E-state index is 5.67. The molecule has 4 heteroatoms. The van der Waals surface area contributed by atoms with Crippen LogP contribution in [0.5, 0.6) is 0 Å². The van der Waals surface area contributed by atoms with Crippen molar-refractivity contribution in [3.05, 3.63) is 41.4 Å². The Kier molecular flexibility index (Phi) is 2.30. The summed E-state index contributed by atoms with van der Waals surface area (Å²) in [5.74, 6) is 0.319. The number of benzene rings is 1. The highest BCUT2D eigenvalue weighted by Gasteiger charge is 2.09. The van der Waals surface area contributed by atoms with E-state index in [4.69, 9.17) is 5.73 Å². The normalized spacial score (nSPS) is 10.9. The van der Waals surface area contributed by atoms with Crippen molar-refractivity contribution in [3.63, 3.8) is 0 Å². The van der Waals surface area contributed by atoms with Gasteiger partial charge >= 0.3 is 0 Å². The van der Waals surface area contributed by atoms with Crippen molar-refractivity contribution in [2.45, 2.75) is 6.92 Å². The lowest BCUT2D eigenvalue weighted by molar-refractivity contribution is 1.15. The molecule has 3 aromatic rings. The lowest BCUT2D eigenvalue weighted by Crippen LogP contribution is -1.98. The average molecular weight is 241 g/mol. The van der Waals surface area contributed by atoms with Crippen molar-refractivity contribution >= 4 is 27.4 Å². The maximum atomic E-state index is 5.67. The predicted octanol–water partition coefficient (Wildman–Crippen LogP) is 3.25. The van der Waals surface area contributed by atoms with Gasteiger partial charge in [0, 0.05) is 16.5 Å². The van der Waals surface area contributed by atoms with Gasteiger partial charge in [0.1, 0.15) is 0 Å². The molecule has 3 nitrogen and oxygen atoms in total. The minimum absolute atomic E-state index is 0.319. The predicted molar refractivity (Wildman–Crippen MR) is 72.0 cm³/mol. The fourth-order valence-corrected chi connectivity index (χ4v) is 2.82. The molecule has 3 rings (SSSR count). The zero-order valence-electron chi connectivity index (χ0n) is 9.34. The van der Waals surface area contributed by atoms with Crippen LogP contribution < -0.4 is 5.73 Å². The molecule has 0 amide bonds. The molecule has 0 saturated heterocycles. The van der Waals surface area contributed by atoms with Gasteiger partial charge in [0.15, 0.2) is 0 Å². The Balaban J connectivity index is 2.34. The summed E-state index contributed by atoms with van der Waals surface area (Å²) >= 11 is 1.72. The summed E-state index contributed by atoms with van der Waals surface area (Å²) in [7, 11) is 0. The number of hydrogen-bond donors (Lipinski definition) is 1. The molecule has 2 N–H and O–H groups in total. The Bertz CT molecular complexity index is 688. The Morgan fingerprint density at radius 3 is 3.00 bits per heavy atom. The van der Waals surface area contributed by atoms with E-state index in [1.165, 1.54) is 10.1 Å². The van der Waals surface area contributed by atoms with Crippen molar-refractivity contribution in [2.24, 2.45) is 0 Å². The zero-order chi connectivity index (χ0) is 11.8. The highest BCUT2D eigenvalue weighted by Crippen LogP contribution is 2.32. The van der Waals surface area contributed by atoms with Crippen LogP contribution >= 0.6 is 11.3 Å². The van der Waals surface area contributed by atoms with Gasteiger partial charge in [0.2, 0.25) is 5.95 Å². The number of nitrogen functional groups attached to an aromatic ring is 1. The summed E-state index contributed by atoms with van der Waals surface area (Å²) in [5.41, 5.74) is 8.76. The smallest absolute Gasteiger partial charge is 0.220 e. The molecule has 0 radical (unpaired) electrons. The Morgan fingerprint density at radius 2 is 2.12 bits per heavy atom. The first-order chi connectivity index (χ1) is 8.25. The van der Waals surface area contributed by atoms with E-state index in [-0.39, 0.29) is 0 Å². The lowest BCUT2D eigenvalue weighted by atomic mass is 10.1. The first-order valence-corrected chi connectivity index (χ1v) is 6.19. The largest absolute Gasteiger partial charge is 0.368 e. The van der Waals surface area contributed by atoms with E-state index >= 15 is 0 Å². The number of fused-ring (bicyclic) bond motifs is 1. The minimum atomic E-state index is 0.319. The van der Waals surface area contributed by atoms with Crippen molar-refractivity contribution < 1.29 is 0 Å². The van der Waals surface area contributed by atoms with Crippen LogP contribution in [0.1, 0.15) is 5.56 Å². The van der Waals surface area contributed by atoms with Gasteiger partial charge in [-0.3, -0.25) is 0 Å². The first-order valence-electron chi connectivity index (χ1n) is 5.31. The van der Waals surface area contributed by atoms with Crippen LogP contribution in [-0.4, -0.2) is 9.97 Å². The van der Waals surface area contributed by atoms with E-state index in [0.29, 0.717) is 5.95 Å². The summed E-state index contributed by atoms with van der Waals surface area (Å²) in [5, 5.41) is 3.33. The third-order valence-corrected chi connectivity index (χ3v) is 3.69. The molecule has 0 spiro atoms. The topological polar surface area (TPSA) is 51.8 Å². The monoisotopic (exact) mass is 241 g/mol. The quantitative estimate of drug-likeness (QED) is 0.711. The molecule has 0 unspecified atom stereocenters. The number of aryl methyl sites for hydroxylation is 1. The number of nitrogens with two attached hydrogens (primary N) is 1. The van der Waals surface area contributed by atoms with Gasteiger partial charge in [-0.25, -0.2) is 9.97 Å². The molecule has 2 aromatic heterocycles. The van der Waals surface area contributed by atoms with Crippen LogP contribution in [0.2, 0.25) is 0 Å². The average Bonchev–Trinajstić information content (AvgIpc) is 2.80. The van der Waals surface area contributed by atoms with Gasteiger partial charge in [0.25, 0.3) is 0 Å². The molecule has 2 heterocycles. The van der Waals surface area contributed by atoms with E-state index in [0.717, 1.165) is 16.8 Å². The molecule has 0 aliphatic carbocycles. The molecule has 84 valence electrons. The van der Waals surface area contributed by atoms with Crippen LogP contribution in [0, 0.1) is 6.92 Å². The maximum Gasteiger partial charge on any atom is 0.220 e. The van der Waals surface area contributed by atoms with E-state index in [2.05, 4.69) is 33.5 Å². The third-order valence-electron chi connectivity index (χ3n) is 2.72. The van der Waals surface area contributed by atoms with Crippen molar-refractivity contribution in [2.75, 3.05) is 5.73 Å². The van der Waals surface area contributed by atoms with Crippen LogP contribution in [0.25, 0.3) is 21.3 Å². The van der Waals surface area contributed by atoms with Gasteiger partial charge in [0.05, 0.1) is 5.69 Å². The summed E-state index contributed by atoms with van der Waals surface area (Å²) in [6.45, 7) is 2.00. The molecule has 1 aromatic carbocycles. The Hall–Kier alpha value is -1.94. The summed E-state index contributed by atoms with van der Waals surface area (Å²) in [6, 6.07) is 8.34. The SMILES string of the molecule is Cc1cnc(N)nc1-c1cccc2ccsc12. The second-order valence-electron chi connectivity index (χ2n) is 3.90. The second kappa shape index (κ2) is 3.82. The van der Waals surface area contributed by atoms with Crippen molar-refractivity contribution in [1.82, 2.24) is 9.97 Å². The number of thiophene rings is 1. The fraction of sp³-hybridized carbons (Fsp3) is 0.0769. The lowest BCUT2D eigenvalue weighted by Gasteiger charge is -2.06. The molecular formula is C13H11N3S. The van der Waals surface area contributed by atoms with Crippen LogP contribution in [-0.2, 0) is 0 Å². The summed E-state index contributed by atoms with van der Waals surface area (Å²) in [6.07, 6.45) is 1.77. The number of anilines is 1. The molecule has 0 aliphatic rings. The molecule has 17 heavy (non-hydrogen) atoms. The van der Waals surface area contributed by atoms with Gasteiger partial charge in [-0.1, -0.05) is 18.2 Å². The second-order valence-corrected chi connectivity index (χ2v) is 4.82. The van der Waals surface area contributed by atoms with Crippen LogP contribution in [0.4, 0.5) is 5.95 Å². The fourth-order valence-electron chi connectivity index (χ4n) is 1.91. The van der Waals surface area contributed by atoms with Gasteiger partial charge in [-0.15, -0.1) is 11.3 Å². The molecular weight excluding hydrogens is 230 g/mol. The molecule has 0 atom stereocenters. The van der Waals surface area contributed by atoms with Gasteiger partial charge < -0.3 is 5.73 Å². The van der Waals surface area contributed by atoms with Gasteiger partial charge in [-0.2, -0.15) is 0 Å². The Labute approximate surface area is 103 Å². The molecule has 0 fully saturated rings. The van der Waals surface area contributed by atoms with Crippen molar-refractivity contribution in [1.29, 1.82) is 0 Å². The van der Waals surface area contributed by atoms with Crippen molar-refractivity contribution in [3.8, 4) is 11.3 Å². The molecule has 0 saturated carbocycles. The Morgan fingerprint density at radius 1 is 1.24 bits per heavy atom. The third kappa shape index (κ3) is 1.66. The zero-order valence-corrected chi connectivity index (χ0v) is 10.2. The van der Waals surface area contributed by atoms with E-state index < -0.39 is 0 Å². The summed E-state index contributed by atoms with van der Waals surface area (Å²) in [4.78, 5) is 8.35. The number of hydrogen-bond acceptors (Lipinski definition) is 4.